The zero-order valence-corrected chi connectivity index (χ0v) is 8.76. The molecule has 82 valence electrons. The van der Waals surface area contributed by atoms with E-state index in [9.17, 15) is 5.11 Å². The number of hydrogen-bond acceptors (Lipinski definition) is 5. The highest BCUT2D eigenvalue weighted by Crippen LogP contribution is 2.15. The van der Waals surface area contributed by atoms with Gasteiger partial charge in [0.25, 0.3) is 0 Å². The predicted octanol–water partition coefficient (Wildman–Crippen LogP) is -0.0175. The van der Waals surface area contributed by atoms with Crippen molar-refractivity contribution >= 4 is 5.82 Å². The number of rotatable bonds is 2. The molecule has 0 radical (unpaired) electrons. The van der Waals surface area contributed by atoms with Crippen molar-refractivity contribution in [2.75, 3.05) is 31.3 Å². The van der Waals surface area contributed by atoms with Crippen LogP contribution in [0.1, 0.15) is 5.69 Å². The molecule has 2 heterocycles. The van der Waals surface area contributed by atoms with Crippen LogP contribution < -0.4 is 4.90 Å². The van der Waals surface area contributed by atoms with E-state index in [1.165, 1.54) is 0 Å². The summed E-state index contributed by atoms with van der Waals surface area (Å²) in [6, 6.07) is 3.85. The summed E-state index contributed by atoms with van der Waals surface area (Å²) in [6.45, 7) is 3.95. The molecule has 1 fully saturated rings. The average molecular weight is 209 g/mol. The molecule has 0 saturated carbocycles. The lowest BCUT2D eigenvalue weighted by Gasteiger charge is -2.34. The Morgan fingerprint density at radius 1 is 1.53 bits per heavy atom. The molecule has 0 aromatic carbocycles. The Bertz CT molecular complexity index is 315. The number of hydrogen-bond donors (Lipinski definition) is 1. The topological polar surface area (TPSA) is 58.5 Å². The fraction of sp³-hybridized carbons (Fsp3) is 0.600. The van der Waals surface area contributed by atoms with Crippen LogP contribution in [-0.4, -0.2) is 47.7 Å². The van der Waals surface area contributed by atoms with Crippen molar-refractivity contribution in [3.8, 4) is 0 Å². The molecule has 1 N–H and O–H groups in total. The van der Waals surface area contributed by atoms with Crippen LogP contribution >= 0.6 is 0 Å². The minimum absolute atomic E-state index is 0.00393. The van der Waals surface area contributed by atoms with Gasteiger partial charge < -0.3 is 14.7 Å². The quantitative estimate of drug-likeness (QED) is 0.742. The van der Waals surface area contributed by atoms with E-state index in [2.05, 4.69) is 10.2 Å². The highest BCUT2D eigenvalue weighted by molar-refractivity contribution is 5.39. The summed E-state index contributed by atoms with van der Waals surface area (Å²) in [6.07, 6.45) is 0. The molecule has 1 aliphatic heterocycles. The van der Waals surface area contributed by atoms with Crippen molar-refractivity contribution in [2.45, 2.75) is 13.0 Å². The van der Waals surface area contributed by atoms with E-state index < -0.39 is 0 Å². The van der Waals surface area contributed by atoms with Crippen molar-refractivity contribution < 1.29 is 9.84 Å². The van der Waals surface area contributed by atoms with E-state index in [4.69, 9.17) is 4.74 Å². The van der Waals surface area contributed by atoms with Crippen LogP contribution in [0.25, 0.3) is 0 Å². The summed E-state index contributed by atoms with van der Waals surface area (Å²) in [5.74, 6) is 0.808. The van der Waals surface area contributed by atoms with Crippen LogP contribution in [0.2, 0.25) is 0 Å². The number of anilines is 1. The second-order valence-corrected chi connectivity index (χ2v) is 3.64. The number of morpholine rings is 1. The summed E-state index contributed by atoms with van der Waals surface area (Å²) in [5, 5.41) is 17.3. The number of aliphatic hydroxyl groups excluding tert-OH is 1. The SMILES string of the molecule is Cc1ccc(N2CCOCC2CO)nn1. The molecule has 1 unspecified atom stereocenters. The third-order valence-corrected chi connectivity index (χ3v) is 2.52. The molecular weight excluding hydrogens is 194 g/mol. The molecule has 2 rings (SSSR count). The van der Waals surface area contributed by atoms with E-state index in [-0.39, 0.29) is 12.6 Å². The molecular formula is C10H15N3O2. The van der Waals surface area contributed by atoms with Crippen molar-refractivity contribution in [1.29, 1.82) is 0 Å². The molecule has 1 saturated heterocycles. The van der Waals surface area contributed by atoms with Gasteiger partial charge in [-0.3, -0.25) is 0 Å². The zero-order valence-electron chi connectivity index (χ0n) is 8.76. The first kappa shape index (κ1) is 10.3. The van der Waals surface area contributed by atoms with Crippen LogP contribution in [0.4, 0.5) is 5.82 Å². The van der Waals surface area contributed by atoms with Gasteiger partial charge in [0.2, 0.25) is 0 Å². The van der Waals surface area contributed by atoms with Crippen LogP contribution in [0.5, 0.6) is 0 Å². The van der Waals surface area contributed by atoms with Crippen LogP contribution in [0, 0.1) is 6.92 Å². The summed E-state index contributed by atoms with van der Waals surface area (Å²) in [5.41, 5.74) is 0.896. The van der Waals surface area contributed by atoms with Crippen molar-refractivity contribution in [2.24, 2.45) is 0 Å². The zero-order chi connectivity index (χ0) is 10.7. The van der Waals surface area contributed by atoms with Gasteiger partial charge in [-0.25, -0.2) is 0 Å². The Labute approximate surface area is 88.7 Å². The fourth-order valence-corrected chi connectivity index (χ4v) is 1.65. The van der Waals surface area contributed by atoms with Gasteiger partial charge in [-0.05, 0) is 19.1 Å². The molecule has 0 bridgehead atoms. The average Bonchev–Trinajstić information content (AvgIpc) is 2.30. The maximum atomic E-state index is 9.21. The Morgan fingerprint density at radius 3 is 3.07 bits per heavy atom. The van der Waals surface area contributed by atoms with E-state index in [0.29, 0.717) is 13.2 Å². The van der Waals surface area contributed by atoms with E-state index in [1.807, 2.05) is 24.0 Å². The lowest BCUT2D eigenvalue weighted by molar-refractivity contribution is 0.0722. The third kappa shape index (κ3) is 2.24. The molecule has 5 nitrogen and oxygen atoms in total. The molecule has 1 aromatic rings. The van der Waals surface area contributed by atoms with Crippen LogP contribution in [0.3, 0.4) is 0 Å². The molecule has 1 aromatic heterocycles. The van der Waals surface area contributed by atoms with Gasteiger partial charge in [-0.15, -0.1) is 5.10 Å². The summed E-state index contributed by atoms with van der Waals surface area (Å²) in [7, 11) is 0. The molecule has 5 heteroatoms. The Morgan fingerprint density at radius 2 is 2.40 bits per heavy atom. The molecule has 0 aliphatic carbocycles. The van der Waals surface area contributed by atoms with Crippen molar-refractivity contribution in [3.05, 3.63) is 17.8 Å². The highest BCUT2D eigenvalue weighted by Gasteiger charge is 2.23. The standard InChI is InChI=1S/C10H15N3O2/c1-8-2-3-10(12-11-8)13-4-5-15-7-9(13)6-14/h2-3,9,14H,4-7H2,1H3. The largest absolute Gasteiger partial charge is 0.394 e. The third-order valence-electron chi connectivity index (χ3n) is 2.52. The Hall–Kier alpha value is -1.20. The summed E-state index contributed by atoms with van der Waals surface area (Å²) < 4.78 is 5.30. The first-order valence-electron chi connectivity index (χ1n) is 5.07. The van der Waals surface area contributed by atoms with Crippen LogP contribution in [-0.2, 0) is 4.74 Å². The molecule has 1 atom stereocenters. The number of nitrogens with zero attached hydrogens (tertiary/aromatic N) is 3. The lowest BCUT2D eigenvalue weighted by Crippen LogP contribution is -2.48. The maximum Gasteiger partial charge on any atom is 0.151 e. The minimum Gasteiger partial charge on any atom is -0.394 e. The van der Waals surface area contributed by atoms with Crippen LogP contribution in [0.15, 0.2) is 12.1 Å². The monoisotopic (exact) mass is 209 g/mol. The van der Waals surface area contributed by atoms with Gasteiger partial charge in [0, 0.05) is 6.54 Å². The first-order valence-corrected chi connectivity index (χ1v) is 5.07. The van der Waals surface area contributed by atoms with Gasteiger partial charge in [0.15, 0.2) is 5.82 Å². The minimum atomic E-state index is -0.00393. The Kier molecular flexibility index (Phi) is 3.13. The summed E-state index contributed by atoms with van der Waals surface area (Å²) in [4.78, 5) is 2.04. The number of ether oxygens (including phenoxy) is 1. The maximum absolute atomic E-state index is 9.21. The summed E-state index contributed by atoms with van der Waals surface area (Å²) >= 11 is 0. The molecule has 0 spiro atoms. The second-order valence-electron chi connectivity index (χ2n) is 3.64. The smallest absolute Gasteiger partial charge is 0.151 e. The second kappa shape index (κ2) is 4.55. The highest BCUT2D eigenvalue weighted by atomic mass is 16.5. The fourth-order valence-electron chi connectivity index (χ4n) is 1.65. The predicted molar refractivity (Wildman–Crippen MR) is 55.8 cm³/mol. The number of aryl methyl sites for hydroxylation is 1. The van der Waals surface area contributed by atoms with Gasteiger partial charge >= 0.3 is 0 Å². The van der Waals surface area contributed by atoms with Gasteiger partial charge in [0.05, 0.1) is 31.6 Å². The molecule has 0 amide bonds. The van der Waals surface area contributed by atoms with Gasteiger partial charge in [-0.2, -0.15) is 5.10 Å². The van der Waals surface area contributed by atoms with Crippen molar-refractivity contribution in [3.63, 3.8) is 0 Å². The number of aromatic nitrogens is 2. The lowest BCUT2D eigenvalue weighted by atomic mass is 10.2. The van der Waals surface area contributed by atoms with E-state index in [1.54, 1.807) is 0 Å². The van der Waals surface area contributed by atoms with Crippen molar-refractivity contribution in [1.82, 2.24) is 10.2 Å². The molecule has 15 heavy (non-hydrogen) atoms. The first-order chi connectivity index (χ1) is 7.31. The normalized spacial score (nSPS) is 21.7. The van der Waals surface area contributed by atoms with E-state index in [0.717, 1.165) is 18.1 Å². The van der Waals surface area contributed by atoms with E-state index >= 15 is 0 Å². The Balaban J connectivity index is 2.16. The molecule has 1 aliphatic rings. The number of aliphatic hydroxyl groups is 1. The van der Waals surface area contributed by atoms with Gasteiger partial charge in [-0.1, -0.05) is 0 Å². The van der Waals surface area contributed by atoms with Gasteiger partial charge in [0.1, 0.15) is 0 Å².